The number of carbonyl (C=O) groups excluding carboxylic acids is 2. The van der Waals surface area contributed by atoms with Crippen molar-refractivity contribution in [3.8, 4) is 0 Å². The number of rotatable bonds is 5. The van der Waals surface area contributed by atoms with Gasteiger partial charge in [0.15, 0.2) is 0 Å². The molecule has 1 aromatic heterocycles. The van der Waals surface area contributed by atoms with E-state index in [1.165, 1.54) is 7.11 Å². The molecule has 2 N–H and O–H groups in total. The van der Waals surface area contributed by atoms with Crippen molar-refractivity contribution in [1.29, 1.82) is 0 Å². The average molecular weight is 439 g/mol. The first kappa shape index (κ1) is 21.5. The van der Waals surface area contributed by atoms with Gasteiger partial charge in [-0.1, -0.05) is 43.1 Å². The number of amides is 2. The molecule has 1 aromatic carbocycles. The largest absolute Gasteiger partial charge is 0.467 e. The molecule has 1 aliphatic heterocycles. The molecule has 2 unspecified atom stereocenters. The van der Waals surface area contributed by atoms with Crippen molar-refractivity contribution in [2.45, 2.75) is 38.8 Å². The Morgan fingerprint density at radius 3 is 2.79 bits per heavy atom. The Kier molecular flexibility index (Phi) is 6.70. The molecule has 2 aromatic rings. The van der Waals surface area contributed by atoms with E-state index in [4.69, 9.17) is 27.9 Å². The van der Waals surface area contributed by atoms with Gasteiger partial charge in [0.2, 0.25) is 0 Å². The zero-order valence-corrected chi connectivity index (χ0v) is 18.0. The van der Waals surface area contributed by atoms with Gasteiger partial charge in [-0.25, -0.2) is 14.6 Å². The van der Waals surface area contributed by atoms with Crippen LogP contribution < -0.4 is 5.32 Å². The van der Waals surface area contributed by atoms with Crippen LogP contribution in [0.4, 0.5) is 4.79 Å². The number of urea groups is 1. The van der Waals surface area contributed by atoms with E-state index in [1.807, 2.05) is 13.8 Å². The van der Waals surface area contributed by atoms with Gasteiger partial charge in [-0.3, -0.25) is 0 Å². The molecule has 0 radical (unpaired) electrons. The fourth-order valence-electron chi connectivity index (χ4n) is 3.59. The van der Waals surface area contributed by atoms with Gasteiger partial charge in [-0.05, 0) is 30.0 Å². The van der Waals surface area contributed by atoms with Gasteiger partial charge in [-0.2, -0.15) is 0 Å². The number of aromatic nitrogens is 2. The van der Waals surface area contributed by atoms with Crippen LogP contribution in [0.2, 0.25) is 10.0 Å². The lowest BCUT2D eigenvalue weighted by atomic mass is 9.95. The summed E-state index contributed by atoms with van der Waals surface area (Å²) in [5.74, 6) is -0.259. The topological polar surface area (TPSA) is 87.3 Å². The molecule has 0 saturated carbocycles. The molecule has 156 valence electrons. The number of ether oxygens (including phenoxy) is 1. The summed E-state index contributed by atoms with van der Waals surface area (Å²) in [5.41, 5.74) is 2.41. The fourth-order valence-corrected chi connectivity index (χ4v) is 4.11. The van der Waals surface area contributed by atoms with E-state index in [0.29, 0.717) is 29.4 Å². The van der Waals surface area contributed by atoms with Gasteiger partial charge in [0.25, 0.3) is 0 Å². The summed E-state index contributed by atoms with van der Waals surface area (Å²) in [6.07, 6.45) is 2.71. The number of imidazole rings is 1. The minimum Gasteiger partial charge on any atom is -0.467 e. The molecule has 0 fully saturated rings. The van der Waals surface area contributed by atoms with E-state index >= 15 is 0 Å². The third-order valence-corrected chi connectivity index (χ3v) is 5.50. The van der Waals surface area contributed by atoms with Gasteiger partial charge in [0, 0.05) is 28.7 Å². The van der Waals surface area contributed by atoms with Crippen LogP contribution in [0.1, 0.15) is 43.3 Å². The van der Waals surface area contributed by atoms with Crippen molar-refractivity contribution >= 4 is 35.2 Å². The lowest BCUT2D eigenvalue weighted by Crippen LogP contribution is -2.51. The predicted octanol–water partition coefficient (Wildman–Crippen LogP) is 3.96. The number of benzene rings is 1. The van der Waals surface area contributed by atoms with Crippen molar-refractivity contribution in [2.75, 3.05) is 13.7 Å². The summed E-state index contributed by atoms with van der Waals surface area (Å²) in [6.45, 7) is 4.41. The monoisotopic (exact) mass is 438 g/mol. The maximum atomic E-state index is 13.2. The lowest BCUT2D eigenvalue weighted by molar-refractivity contribution is -0.143. The second-order valence-corrected chi connectivity index (χ2v) is 8.28. The first-order valence-electron chi connectivity index (χ1n) is 9.43. The molecule has 2 amide bonds. The predicted molar refractivity (Wildman–Crippen MR) is 111 cm³/mol. The SMILES string of the molecule is COC(=O)C(CC(C)C)NC(=O)N1CCc2[nH]cnc2C1c1ccc(Cl)cc1Cl. The third-order valence-electron chi connectivity index (χ3n) is 4.93. The highest BCUT2D eigenvalue weighted by molar-refractivity contribution is 6.35. The van der Waals surface area contributed by atoms with E-state index in [1.54, 1.807) is 29.4 Å². The van der Waals surface area contributed by atoms with Crippen LogP contribution in [0, 0.1) is 5.92 Å². The number of hydrogen-bond acceptors (Lipinski definition) is 4. The second-order valence-electron chi connectivity index (χ2n) is 7.43. The van der Waals surface area contributed by atoms with Crippen LogP contribution in [0.25, 0.3) is 0 Å². The molecule has 0 saturated heterocycles. The van der Waals surface area contributed by atoms with E-state index < -0.39 is 18.1 Å². The van der Waals surface area contributed by atoms with E-state index in [0.717, 1.165) is 17.0 Å². The van der Waals surface area contributed by atoms with E-state index in [9.17, 15) is 9.59 Å². The van der Waals surface area contributed by atoms with Crippen LogP contribution in [0.15, 0.2) is 24.5 Å². The summed E-state index contributed by atoms with van der Waals surface area (Å²) < 4.78 is 4.86. The van der Waals surface area contributed by atoms with Crippen LogP contribution >= 0.6 is 23.2 Å². The number of nitrogens with zero attached hydrogens (tertiary/aromatic N) is 2. The lowest BCUT2D eigenvalue weighted by Gasteiger charge is -2.36. The standard InChI is InChI=1S/C20H24Cl2N4O3/c1-11(2)8-16(19(27)29-3)25-20(28)26-7-6-15-17(24-10-23-15)18(26)13-5-4-12(21)9-14(13)22/h4-5,9-11,16,18H,6-8H2,1-3H3,(H,23,24)(H,25,28). The normalized spacial score (nSPS) is 17.0. The molecule has 0 bridgehead atoms. The summed E-state index contributed by atoms with van der Waals surface area (Å²) in [7, 11) is 1.31. The van der Waals surface area contributed by atoms with Crippen LogP contribution in [0.5, 0.6) is 0 Å². The Balaban J connectivity index is 1.93. The highest BCUT2D eigenvalue weighted by atomic mass is 35.5. The number of hydrogen-bond donors (Lipinski definition) is 2. The van der Waals surface area contributed by atoms with Crippen LogP contribution in [-0.4, -0.2) is 46.6 Å². The number of esters is 1. The second kappa shape index (κ2) is 9.05. The number of methoxy groups -OCH3 is 1. The highest BCUT2D eigenvalue weighted by Crippen LogP contribution is 2.37. The maximum absolute atomic E-state index is 13.2. The number of carbonyl (C=O) groups is 2. The van der Waals surface area contributed by atoms with Gasteiger partial charge in [0.1, 0.15) is 12.1 Å². The Bertz CT molecular complexity index is 900. The maximum Gasteiger partial charge on any atom is 0.328 e. The Hall–Kier alpha value is -2.25. The summed E-state index contributed by atoms with van der Waals surface area (Å²) in [4.78, 5) is 34.6. The van der Waals surface area contributed by atoms with Gasteiger partial charge in [0.05, 0.1) is 19.1 Å². The molecule has 9 heteroatoms. The molecule has 0 spiro atoms. The molecule has 7 nitrogen and oxygen atoms in total. The molecular weight excluding hydrogens is 415 g/mol. The fraction of sp³-hybridized carbons (Fsp3) is 0.450. The number of halogens is 2. The zero-order valence-electron chi connectivity index (χ0n) is 16.5. The van der Waals surface area contributed by atoms with Gasteiger partial charge >= 0.3 is 12.0 Å². The minimum absolute atomic E-state index is 0.209. The molecular formula is C20H24Cl2N4O3. The minimum atomic E-state index is -0.727. The Labute approximate surface area is 179 Å². The van der Waals surface area contributed by atoms with Gasteiger partial charge in [-0.15, -0.1) is 0 Å². The number of aromatic amines is 1. The van der Waals surface area contributed by atoms with Crippen molar-refractivity contribution < 1.29 is 14.3 Å². The Morgan fingerprint density at radius 2 is 2.14 bits per heavy atom. The zero-order chi connectivity index (χ0) is 21.1. The summed E-state index contributed by atoms with van der Waals surface area (Å²) in [5, 5.41) is 3.78. The molecule has 29 heavy (non-hydrogen) atoms. The quantitative estimate of drug-likeness (QED) is 0.691. The van der Waals surface area contributed by atoms with Crippen molar-refractivity contribution in [2.24, 2.45) is 5.92 Å². The molecule has 1 aliphatic rings. The summed E-state index contributed by atoms with van der Waals surface area (Å²) >= 11 is 12.5. The van der Waals surface area contributed by atoms with Crippen LogP contribution in [0.3, 0.4) is 0 Å². The summed E-state index contributed by atoms with van der Waals surface area (Å²) in [6, 6.07) is 3.58. The number of nitrogens with one attached hydrogen (secondary N) is 2. The van der Waals surface area contributed by atoms with Crippen molar-refractivity contribution in [3.63, 3.8) is 0 Å². The molecule has 2 atom stereocenters. The first-order chi connectivity index (χ1) is 13.8. The smallest absolute Gasteiger partial charge is 0.328 e. The van der Waals surface area contributed by atoms with Gasteiger partial charge < -0.3 is 19.9 Å². The highest BCUT2D eigenvalue weighted by Gasteiger charge is 2.36. The number of fused-ring (bicyclic) bond motifs is 1. The molecule has 2 heterocycles. The van der Waals surface area contributed by atoms with Crippen LogP contribution in [-0.2, 0) is 16.0 Å². The molecule has 0 aliphatic carbocycles. The average Bonchev–Trinajstić information content (AvgIpc) is 3.15. The third kappa shape index (κ3) is 4.67. The number of H-pyrrole nitrogens is 1. The van der Waals surface area contributed by atoms with E-state index in [-0.39, 0.29) is 11.9 Å². The van der Waals surface area contributed by atoms with E-state index in [2.05, 4.69) is 15.3 Å². The van der Waals surface area contributed by atoms with Crippen molar-refractivity contribution in [3.05, 3.63) is 51.5 Å². The van der Waals surface area contributed by atoms with Crippen molar-refractivity contribution in [1.82, 2.24) is 20.2 Å². The Morgan fingerprint density at radius 1 is 1.38 bits per heavy atom. The molecule has 3 rings (SSSR count). The first-order valence-corrected chi connectivity index (χ1v) is 10.2.